The molecule has 0 saturated carbocycles. The third-order valence-electron chi connectivity index (χ3n) is 15.1. The summed E-state index contributed by atoms with van der Waals surface area (Å²) < 4.78 is 29.7. The number of benzene rings is 2. The number of hydrogen-bond acceptors (Lipinski definition) is 11. The van der Waals surface area contributed by atoms with Gasteiger partial charge in [-0.05, 0) is 106 Å². The van der Waals surface area contributed by atoms with E-state index >= 15 is 0 Å². The van der Waals surface area contributed by atoms with Crippen molar-refractivity contribution in [2.75, 3.05) is 70.9 Å². The minimum Gasteiger partial charge on any atom is -0.404 e. The van der Waals surface area contributed by atoms with Gasteiger partial charge in [0.05, 0.1) is 24.7 Å². The summed E-state index contributed by atoms with van der Waals surface area (Å²) in [7, 11) is 1.56. The molecule has 16 nitrogen and oxygen atoms in total. The molecule has 6 heterocycles. The Hall–Kier alpha value is -5.59. The number of nitrogens with one attached hydrogen (secondary N) is 2. The molecule has 0 spiro atoms. The summed E-state index contributed by atoms with van der Waals surface area (Å²) in [6.45, 7) is 5.97. The van der Waals surface area contributed by atoms with Gasteiger partial charge in [0.15, 0.2) is 6.23 Å². The molecule has 0 aliphatic carbocycles. The number of aryl methyl sites for hydroxylation is 2. The summed E-state index contributed by atoms with van der Waals surface area (Å²) in [4.78, 5) is 65.1. The molecule has 8 rings (SSSR count). The lowest BCUT2D eigenvalue weighted by Gasteiger charge is -2.39. The first-order valence-electron chi connectivity index (χ1n) is 24.4. The zero-order chi connectivity index (χ0) is 48.2. The van der Waals surface area contributed by atoms with Crippen molar-refractivity contribution in [1.82, 2.24) is 24.9 Å². The SMILES string of the molecule is CN=C/C(=C\N)c1cc2c(cc1C(F)F)N(C(=N)C1=C(NC3CCN(C(=O)CN4CCC(CCCc5cccc6c5C(=O)N(C5CCC(O)[N+](=O)C5)C6O)CC4)CC3)CCN(C(C)=O)C1)CCC2. The van der Waals surface area contributed by atoms with Crippen LogP contribution in [-0.4, -0.2) is 149 Å². The third kappa shape index (κ3) is 10.4. The number of amides is 3. The Morgan fingerprint density at radius 3 is 2.47 bits per heavy atom. The number of carbonyl (C=O) groups excluding carboxylic acids is 3. The van der Waals surface area contributed by atoms with E-state index in [1.807, 2.05) is 17.0 Å². The van der Waals surface area contributed by atoms with E-state index in [9.17, 15) is 43.7 Å². The van der Waals surface area contributed by atoms with E-state index < -0.39 is 24.9 Å². The van der Waals surface area contributed by atoms with Crippen LogP contribution >= 0.6 is 0 Å². The molecule has 68 heavy (non-hydrogen) atoms. The van der Waals surface area contributed by atoms with Gasteiger partial charge in [-0.25, -0.2) is 8.78 Å². The highest BCUT2D eigenvalue weighted by molar-refractivity contribution is 6.12. The lowest BCUT2D eigenvalue weighted by Crippen LogP contribution is -2.50. The summed E-state index contributed by atoms with van der Waals surface area (Å²) in [5, 5.41) is 34.2. The second-order valence-corrected chi connectivity index (χ2v) is 19.3. The zero-order valence-electron chi connectivity index (χ0n) is 39.3. The Bertz CT molecular complexity index is 2360. The molecule has 3 unspecified atom stereocenters. The van der Waals surface area contributed by atoms with E-state index in [4.69, 9.17) is 5.73 Å². The number of anilines is 1. The zero-order valence-corrected chi connectivity index (χ0v) is 39.3. The van der Waals surface area contributed by atoms with Gasteiger partial charge >= 0.3 is 6.23 Å². The van der Waals surface area contributed by atoms with Gasteiger partial charge in [-0.2, -0.15) is 0 Å². The van der Waals surface area contributed by atoms with Crippen LogP contribution < -0.4 is 16.0 Å². The smallest absolute Gasteiger partial charge is 0.302 e. The van der Waals surface area contributed by atoms with Crippen molar-refractivity contribution in [3.8, 4) is 0 Å². The summed E-state index contributed by atoms with van der Waals surface area (Å²) in [5.41, 5.74) is 11.4. The topological polar surface area (TPSA) is 202 Å². The maximum Gasteiger partial charge on any atom is 0.302 e. The van der Waals surface area contributed by atoms with Crippen LogP contribution in [0.4, 0.5) is 14.5 Å². The van der Waals surface area contributed by atoms with Crippen molar-refractivity contribution < 1.29 is 38.1 Å². The predicted octanol–water partition coefficient (Wildman–Crippen LogP) is 4.88. The highest BCUT2D eigenvalue weighted by Gasteiger charge is 2.46. The Balaban J connectivity index is 0.823. The first-order chi connectivity index (χ1) is 32.8. The molecule has 3 fully saturated rings. The van der Waals surface area contributed by atoms with Gasteiger partial charge in [0, 0.05) is 115 Å². The van der Waals surface area contributed by atoms with Crippen molar-refractivity contribution >= 4 is 41.0 Å². The largest absolute Gasteiger partial charge is 0.404 e. The molecule has 0 aromatic heterocycles. The van der Waals surface area contributed by atoms with Crippen molar-refractivity contribution in [1.29, 1.82) is 5.41 Å². The van der Waals surface area contributed by atoms with Crippen molar-refractivity contribution in [2.45, 2.75) is 115 Å². The maximum atomic E-state index is 14.6. The van der Waals surface area contributed by atoms with E-state index in [1.165, 1.54) is 30.3 Å². The molecule has 0 bridgehead atoms. The second-order valence-electron chi connectivity index (χ2n) is 19.3. The fourth-order valence-electron chi connectivity index (χ4n) is 11.2. The average molecular weight is 942 g/mol. The molecule has 6 aliphatic heterocycles. The summed E-state index contributed by atoms with van der Waals surface area (Å²) in [5.74, 6) is 0.477. The minimum absolute atomic E-state index is 0.0341. The number of halogens is 2. The van der Waals surface area contributed by atoms with Crippen LogP contribution in [-0.2, 0) is 22.4 Å². The number of aliphatic hydroxyl groups excluding tert-OH is 2. The summed E-state index contributed by atoms with van der Waals surface area (Å²) in [6, 6.07) is 8.43. The van der Waals surface area contributed by atoms with Crippen LogP contribution in [0.15, 0.2) is 52.8 Å². The number of allylic oxidation sites excluding steroid dienone is 1. The number of rotatable bonds is 13. The number of nitrogens with zero attached hydrogens (tertiary/aromatic N) is 7. The summed E-state index contributed by atoms with van der Waals surface area (Å²) in [6.07, 6.45) is 6.43. The molecule has 2 aromatic carbocycles. The molecule has 6 N–H and O–H groups in total. The number of amidine groups is 1. The third-order valence-corrected chi connectivity index (χ3v) is 15.1. The number of fused-ring (bicyclic) bond motifs is 2. The number of carbonyl (C=O) groups is 3. The van der Waals surface area contributed by atoms with Gasteiger partial charge in [0.2, 0.25) is 18.4 Å². The molecule has 0 radical (unpaired) electrons. The standard InChI is InChI=1S/C50H67F2N10O6/c1-31(63)59-23-17-42(41(29-59)48(54)60-18-5-9-34-24-39(35(26-53)27-55-2)40(47(51)52)25-43(34)60)56-36-15-21-58(22-16-36)45(65)30-57-19-13-32(14-20-57)6-3-7-33-8-4-10-38-46(33)50(67)62(49(38)66)37-11-12-44(64)61(68)28-37/h4,8,10,24-27,32,36-37,44,47,49,54,56,64,66H,3,5-7,9,11-23,28-30,53H2,1-2H3/q+1/b35-26+,54-48?,55-27?. The lowest BCUT2D eigenvalue weighted by molar-refractivity contribution is -0.640. The van der Waals surface area contributed by atoms with Crippen LogP contribution in [0.1, 0.15) is 122 Å². The van der Waals surface area contributed by atoms with Crippen LogP contribution in [0.5, 0.6) is 0 Å². The number of nitrogens with two attached hydrogens (primary N) is 1. The molecule has 3 atom stereocenters. The van der Waals surface area contributed by atoms with Gasteiger partial charge < -0.3 is 36.0 Å². The number of aliphatic imine (C=N–C) groups is 1. The number of hydrogen-bond donors (Lipinski definition) is 5. The first kappa shape index (κ1) is 48.9. The van der Waals surface area contributed by atoms with Crippen molar-refractivity contribution in [3.05, 3.63) is 86.1 Å². The molecule has 2 aromatic rings. The van der Waals surface area contributed by atoms with E-state index in [-0.39, 0.29) is 54.7 Å². The van der Waals surface area contributed by atoms with Crippen LogP contribution in [0.3, 0.4) is 0 Å². The fraction of sp³-hybridized carbons (Fsp3) is 0.580. The van der Waals surface area contributed by atoms with Crippen LogP contribution in [0.2, 0.25) is 0 Å². The molecule has 366 valence electrons. The first-order valence-corrected chi connectivity index (χ1v) is 24.4. The Morgan fingerprint density at radius 1 is 1.01 bits per heavy atom. The van der Waals surface area contributed by atoms with Gasteiger partial charge in [0.25, 0.3) is 12.3 Å². The Kier molecular flexibility index (Phi) is 15.4. The molecular weight excluding hydrogens is 875 g/mol. The molecule has 3 amide bonds. The van der Waals surface area contributed by atoms with Gasteiger partial charge in [-0.1, -0.05) is 24.6 Å². The maximum absolute atomic E-state index is 14.6. The van der Waals surface area contributed by atoms with Crippen molar-refractivity contribution in [3.63, 3.8) is 0 Å². The minimum atomic E-state index is -2.77. The van der Waals surface area contributed by atoms with Crippen molar-refractivity contribution in [2.24, 2.45) is 16.6 Å². The predicted molar refractivity (Wildman–Crippen MR) is 255 cm³/mol. The number of piperidine rings is 3. The second kappa shape index (κ2) is 21.4. The number of aliphatic hydroxyl groups is 2. The highest BCUT2D eigenvalue weighted by Crippen LogP contribution is 2.40. The van der Waals surface area contributed by atoms with Gasteiger partial charge in [0.1, 0.15) is 5.84 Å². The van der Waals surface area contributed by atoms with Gasteiger partial charge in [-0.3, -0.25) is 34.6 Å². The van der Waals surface area contributed by atoms with E-state index in [0.29, 0.717) is 103 Å². The van der Waals surface area contributed by atoms with E-state index in [1.54, 1.807) is 29.0 Å². The lowest BCUT2D eigenvalue weighted by atomic mass is 9.89. The quantitative estimate of drug-likeness (QED) is 0.105. The van der Waals surface area contributed by atoms with Gasteiger partial charge in [-0.15, -0.1) is 0 Å². The summed E-state index contributed by atoms with van der Waals surface area (Å²) >= 11 is 0. The Morgan fingerprint density at radius 2 is 1.78 bits per heavy atom. The normalized spacial score (nSPS) is 23.5. The molecule has 3 saturated heterocycles. The average Bonchev–Trinajstić information content (AvgIpc) is 3.60. The number of alkyl halides is 2. The van der Waals surface area contributed by atoms with Crippen LogP contribution in [0.25, 0.3) is 5.57 Å². The fourth-order valence-corrected chi connectivity index (χ4v) is 11.2. The molecule has 18 heteroatoms. The Labute approximate surface area is 397 Å². The number of likely N-dealkylation sites (tertiary alicyclic amines) is 2. The van der Waals surface area contributed by atoms with E-state index in [2.05, 4.69) is 15.2 Å². The highest BCUT2D eigenvalue weighted by atomic mass is 19.3. The number of nitroso groups, excluding NO2 is 1. The molecular formula is C50H67F2N10O6+. The molecule has 6 aliphatic rings. The van der Waals surface area contributed by atoms with Crippen LogP contribution in [0, 0.1) is 16.2 Å². The van der Waals surface area contributed by atoms with E-state index in [0.717, 1.165) is 74.9 Å². The monoisotopic (exact) mass is 942 g/mol.